The molecule has 128 valence electrons. The largest absolute Gasteiger partial charge is 0.385 e. The molecule has 1 aliphatic carbocycles. The van der Waals surface area contributed by atoms with Crippen LogP contribution >= 0.6 is 0 Å². The Morgan fingerprint density at radius 1 is 0.826 bits per heavy atom. The van der Waals surface area contributed by atoms with Crippen LogP contribution in [0.15, 0.2) is 18.2 Å². The van der Waals surface area contributed by atoms with E-state index < -0.39 is 11.4 Å². The third-order valence-electron chi connectivity index (χ3n) is 5.50. The molecule has 0 atom stereocenters. The van der Waals surface area contributed by atoms with Gasteiger partial charge in [0.25, 0.3) is 0 Å². The summed E-state index contributed by atoms with van der Waals surface area (Å²) in [6.07, 6.45) is 2.94. The number of ether oxygens (including phenoxy) is 2. The molecule has 0 bridgehead atoms. The predicted octanol–water partition coefficient (Wildman–Crippen LogP) is 4.44. The lowest BCUT2D eigenvalue weighted by atomic mass is 9.75. The average molecular weight is 318 g/mol. The normalized spacial score (nSPS) is 23.1. The topological polar surface area (TPSA) is 38.7 Å². The fourth-order valence-corrected chi connectivity index (χ4v) is 3.73. The first-order chi connectivity index (χ1) is 10.8. The molecular weight excluding hydrogens is 288 g/mol. The monoisotopic (exact) mass is 318 g/mol. The van der Waals surface area contributed by atoms with Gasteiger partial charge < -0.3 is 14.6 Å². The van der Waals surface area contributed by atoms with Gasteiger partial charge in [-0.15, -0.1) is 0 Å². The van der Waals surface area contributed by atoms with Crippen molar-refractivity contribution in [3.63, 3.8) is 0 Å². The molecule has 2 fully saturated rings. The first kappa shape index (κ1) is 16.9. The highest BCUT2D eigenvalue weighted by Gasteiger charge is 2.46. The van der Waals surface area contributed by atoms with E-state index in [1.54, 1.807) is 0 Å². The highest BCUT2D eigenvalue weighted by molar-refractivity contribution is 5.37. The summed E-state index contributed by atoms with van der Waals surface area (Å²) in [6, 6.07) is 6.69. The van der Waals surface area contributed by atoms with Crippen molar-refractivity contribution >= 4 is 0 Å². The molecule has 1 aliphatic heterocycles. The Morgan fingerprint density at radius 2 is 1.30 bits per heavy atom. The first-order valence-corrected chi connectivity index (χ1v) is 8.99. The number of benzene rings is 1. The van der Waals surface area contributed by atoms with Gasteiger partial charge in [-0.25, -0.2) is 0 Å². The zero-order chi connectivity index (χ0) is 16.7. The van der Waals surface area contributed by atoms with Crippen molar-refractivity contribution < 1.29 is 14.6 Å². The molecule has 1 aromatic carbocycles. The third-order valence-corrected chi connectivity index (χ3v) is 5.50. The van der Waals surface area contributed by atoms with Crippen molar-refractivity contribution in [3.8, 4) is 0 Å². The summed E-state index contributed by atoms with van der Waals surface area (Å²) in [5.74, 6) is 0.503. The van der Waals surface area contributed by atoms with Gasteiger partial charge in [-0.1, -0.05) is 45.9 Å². The second-order valence-electron chi connectivity index (χ2n) is 7.84. The minimum Gasteiger partial charge on any atom is -0.385 e. The van der Waals surface area contributed by atoms with Crippen molar-refractivity contribution in [3.05, 3.63) is 34.9 Å². The molecule has 1 saturated carbocycles. The molecule has 23 heavy (non-hydrogen) atoms. The molecule has 0 unspecified atom stereocenters. The van der Waals surface area contributed by atoms with Gasteiger partial charge in [-0.3, -0.25) is 0 Å². The highest BCUT2D eigenvalue weighted by atomic mass is 16.7. The summed E-state index contributed by atoms with van der Waals surface area (Å²) in [4.78, 5) is 0. The van der Waals surface area contributed by atoms with Crippen LogP contribution in [0.25, 0.3) is 0 Å². The van der Waals surface area contributed by atoms with E-state index in [0.717, 1.165) is 18.4 Å². The second kappa shape index (κ2) is 6.19. The molecular formula is C20H30O3. The van der Waals surface area contributed by atoms with E-state index in [-0.39, 0.29) is 0 Å². The van der Waals surface area contributed by atoms with E-state index in [4.69, 9.17) is 9.47 Å². The molecule has 0 aromatic heterocycles. The summed E-state index contributed by atoms with van der Waals surface area (Å²) in [7, 11) is 0. The zero-order valence-electron chi connectivity index (χ0n) is 14.9. The van der Waals surface area contributed by atoms with Crippen LogP contribution in [0.5, 0.6) is 0 Å². The van der Waals surface area contributed by atoms with Gasteiger partial charge in [0, 0.05) is 12.8 Å². The van der Waals surface area contributed by atoms with Crippen LogP contribution in [-0.4, -0.2) is 24.1 Å². The maximum absolute atomic E-state index is 11.3. The zero-order valence-corrected chi connectivity index (χ0v) is 14.9. The maximum Gasteiger partial charge on any atom is 0.168 e. The fourth-order valence-electron chi connectivity index (χ4n) is 3.73. The minimum absolute atomic E-state index is 0.428. The van der Waals surface area contributed by atoms with Gasteiger partial charge >= 0.3 is 0 Å². The van der Waals surface area contributed by atoms with Crippen LogP contribution < -0.4 is 0 Å². The summed E-state index contributed by atoms with van der Waals surface area (Å²) < 4.78 is 11.6. The summed E-state index contributed by atoms with van der Waals surface area (Å²) in [6.45, 7) is 10.2. The van der Waals surface area contributed by atoms with Gasteiger partial charge in [-0.05, 0) is 41.4 Å². The molecule has 1 saturated heterocycles. The molecule has 2 aliphatic rings. The Bertz CT molecular complexity index is 520. The van der Waals surface area contributed by atoms with Crippen LogP contribution in [0.4, 0.5) is 0 Å². The van der Waals surface area contributed by atoms with Gasteiger partial charge in [0.15, 0.2) is 5.79 Å². The second-order valence-corrected chi connectivity index (χ2v) is 7.84. The van der Waals surface area contributed by atoms with Crippen LogP contribution in [-0.2, 0) is 15.1 Å². The summed E-state index contributed by atoms with van der Waals surface area (Å²) in [5, 5.41) is 11.3. The van der Waals surface area contributed by atoms with Crippen LogP contribution in [0.2, 0.25) is 0 Å². The van der Waals surface area contributed by atoms with Crippen LogP contribution in [0, 0.1) is 0 Å². The molecule has 1 aromatic rings. The van der Waals surface area contributed by atoms with Crippen molar-refractivity contribution in [2.75, 3.05) is 13.2 Å². The van der Waals surface area contributed by atoms with E-state index >= 15 is 0 Å². The Kier molecular flexibility index (Phi) is 4.56. The molecule has 0 radical (unpaired) electrons. The predicted molar refractivity (Wildman–Crippen MR) is 91.6 cm³/mol. The molecule has 3 rings (SSSR count). The minimum atomic E-state index is -0.755. The Labute approximate surface area is 140 Å². The summed E-state index contributed by atoms with van der Waals surface area (Å²) >= 11 is 0. The smallest absolute Gasteiger partial charge is 0.168 e. The first-order valence-electron chi connectivity index (χ1n) is 8.99. The fraction of sp³-hybridized carbons (Fsp3) is 0.700. The Morgan fingerprint density at radius 3 is 1.74 bits per heavy atom. The van der Waals surface area contributed by atoms with Crippen LogP contribution in [0.3, 0.4) is 0 Å². The maximum atomic E-state index is 11.3. The van der Waals surface area contributed by atoms with E-state index in [1.165, 1.54) is 11.1 Å². The van der Waals surface area contributed by atoms with Crippen molar-refractivity contribution in [2.45, 2.75) is 76.6 Å². The highest BCUT2D eigenvalue weighted by Crippen LogP contribution is 2.45. The van der Waals surface area contributed by atoms with E-state index in [0.29, 0.717) is 37.9 Å². The third kappa shape index (κ3) is 3.33. The number of hydrogen-bond donors (Lipinski definition) is 1. The number of aliphatic hydroxyl groups is 1. The molecule has 3 nitrogen and oxygen atoms in total. The lowest BCUT2D eigenvalue weighted by Gasteiger charge is -2.41. The molecule has 3 heteroatoms. The van der Waals surface area contributed by atoms with Crippen molar-refractivity contribution in [2.24, 2.45) is 0 Å². The van der Waals surface area contributed by atoms with E-state index in [2.05, 4.69) is 45.9 Å². The molecule has 1 heterocycles. The Hall–Kier alpha value is -0.900. The van der Waals surface area contributed by atoms with Gasteiger partial charge in [-0.2, -0.15) is 0 Å². The summed E-state index contributed by atoms with van der Waals surface area (Å²) in [5.41, 5.74) is 2.94. The SMILES string of the molecule is CC(C)c1cc(C(C)C)cc(C2(O)CCC3(CC2)OCCO3)c1. The van der Waals surface area contributed by atoms with Gasteiger partial charge in [0.2, 0.25) is 0 Å². The average Bonchev–Trinajstić information content (AvgIpc) is 2.99. The molecule has 1 spiro atoms. The standard InChI is InChI=1S/C20H30O3/c1-14(2)16-11-17(15(3)4)13-18(12-16)19(21)5-7-20(8-6-19)22-9-10-23-20/h11-15,21H,5-10H2,1-4H3. The number of hydrogen-bond acceptors (Lipinski definition) is 3. The molecule has 1 N–H and O–H groups in total. The number of rotatable bonds is 3. The van der Waals surface area contributed by atoms with Crippen molar-refractivity contribution in [1.29, 1.82) is 0 Å². The Balaban J connectivity index is 1.88. The van der Waals surface area contributed by atoms with Gasteiger partial charge in [0.1, 0.15) is 0 Å². The van der Waals surface area contributed by atoms with Crippen molar-refractivity contribution in [1.82, 2.24) is 0 Å². The lowest BCUT2D eigenvalue weighted by Crippen LogP contribution is -2.42. The van der Waals surface area contributed by atoms with E-state index in [1.807, 2.05) is 0 Å². The van der Waals surface area contributed by atoms with Gasteiger partial charge in [0.05, 0.1) is 18.8 Å². The van der Waals surface area contributed by atoms with E-state index in [9.17, 15) is 5.11 Å². The van der Waals surface area contributed by atoms with Crippen LogP contribution in [0.1, 0.15) is 81.9 Å². The molecule has 0 amide bonds. The lowest BCUT2D eigenvalue weighted by molar-refractivity contribution is -0.204. The quantitative estimate of drug-likeness (QED) is 0.895.